The van der Waals surface area contributed by atoms with E-state index in [0.717, 1.165) is 17.9 Å². The van der Waals surface area contributed by atoms with Gasteiger partial charge in [0, 0.05) is 11.6 Å². The van der Waals surface area contributed by atoms with Gasteiger partial charge in [-0.05, 0) is 24.0 Å². The van der Waals surface area contributed by atoms with Gasteiger partial charge in [0.15, 0.2) is 0 Å². The highest BCUT2D eigenvalue weighted by Gasteiger charge is 2.13. The monoisotopic (exact) mass is 208 g/mol. The molecular formula is C13H20O2. The van der Waals surface area contributed by atoms with Gasteiger partial charge in [-0.25, -0.2) is 0 Å². The molecule has 0 radical (unpaired) electrons. The van der Waals surface area contributed by atoms with Crippen molar-refractivity contribution in [3.8, 4) is 11.5 Å². The predicted octanol–water partition coefficient (Wildman–Crippen LogP) is 3.39. The lowest BCUT2D eigenvalue weighted by Gasteiger charge is -2.17. The third kappa shape index (κ3) is 2.44. The molecule has 0 atom stereocenters. The quantitative estimate of drug-likeness (QED) is 0.755. The van der Waals surface area contributed by atoms with Gasteiger partial charge in [-0.3, -0.25) is 0 Å². The zero-order valence-corrected chi connectivity index (χ0v) is 10.3. The topological polar surface area (TPSA) is 18.5 Å². The van der Waals surface area contributed by atoms with E-state index in [0.29, 0.717) is 5.92 Å². The van der Waals surface area contributed by atoms with Gasteiger partial charge in [-0.15, -0.1) is 0 Å². The smallest absolute Gasteiger partial charge is 0.126 e. The predicted molar refractivity (Wildman–Crippen MR) is 63.0 cm³/mol. The molecule has 2 nitrogen and oxygen atoms in total. The van der Waals surface area contributed by atoms with Crippen LogP contribution in [0, 0.1) is 0 Å². The maximum absolute atomic E-state index is 5.41. The van der Waals surface area contributed by atoms with Gasteiger partial charge >= 0.3 is 0 Å². The van der Waals surface area contributed by atoms with Crippen LogP contribution in [0.5, 0.6) is 11.5 Å². The Bertz CT molecular complexity index is 304. The van der Waals surface area contributed by atoms with Crippen molar-refractivity contribution in [2.24, 2.45) is 0 Å². The first-order valence-electron chi connectivity index (χ1n) is 5.38. The fourth-order valence-electron chi connectivity index (χ4n) is 1.89. The summed E-state index contributed by atoms with van der Waals surface area (Å²) >= 11 is 0. The van der Waals surface area contributed by atoms with Gasteiger partial charge in [0.1, 0.15) is 11.5 Å². The zero-order valence-electron chi connectivity index (χ0n) is 10.3. The van der Waals surface area contributed by atoms with Gasteiger partial charge in [-0.1, -0.05) is 20.8 Å². The van der Waals surface area contributed by atoms with E-state index < -0.39 is 0 Å². The maximum Gasteiger partial charge on any atom is 0.126 e. The number of methoxy groups -OCH3 is 2. The normalized spacial score (nSPS) is 10.5. The maximum atomic E-state index is 5.41. The van der Waals surface area contributed by atoms with E-state index in [1.54, 1.807) is 14.2 Å². The third-order valence-corrected chi connectivity index (χ3v) is 2.62. The van der Waals surface area contributed by atoms with Crippen molar-refractivity contribution in [2.45, 2.75) is 33.1 Å². The number of hydrogen-bond donors (Lipinski definition) is 0. The van der Waals surface area contributed by atoms with Crippen LogP contribution in [-0.4, -0.2) is 14.2 Å². The first-order valence-corrected chi connectivity index (χ1v) is 5.38. The summed E-state index contributed by atoms with van der Waals surface area (Å²) in [6.45, 7) is 6.52. The van der Waals surface area contributed by atoms with Crippen LogP contribution in [0.2, 0.25) is 0 Å². The number of hydrogen-bond acceptors (Lipinski definition) is 2. The molecule has 0 aliphatic heterocycles. The lowest BCUT2D eigenvalue weighted by molar-refractivity contribution is 0.388. The summed E-state index contributed by atoms with van der Waals surface area (Å²) in [5.41, 5.74) is 2.60. The van der Waals surface area contributed by atoms with Crippen LogP contribution in [0.15, 0.2) is 12.1 Å². The molecule has 15 heavy (non-hydrogen) atoms. The summed E-state index contributed by atoms with van der Waals surface area (Å²) in [6, 6.07) is 4.05. The molecule has 0 bridgehead atoms. The summed E-state index contributed by atoms with van der Waals surface area (Å²) in [4.78, 5) is 0. The van der Waals surface area contributed by atoms with Crippen molar-refractivity contribution in [3.05, 3.63) is 23.3 Å². The van der Waals surface area contributed by atoms with Gasteiger partial charge < -0.3 is 9.47 Å². The Morgan fingerprint density at radius 2 is 1.80 bits per heavy atom. The third-order valence-electron chi connectivity index (χ3n) is 2.62. The van der Waals surface area contributed by atoms with Crippen LogP contribution in [0.1, 0.15) is 37.8 Å². The van der Waals surface area contributed by atoms with Crippen LogP contribution in [0.25, 0.3) is 0 Å². The average Bonchev–Trinajstić information content (AvgIpc) is 2.26. The molecule has 1 aromatic rings. The molecule has 0 saturated carbocycles. The number of benzene rings is 1. The van der Waals surface area contributed by atoms with Crippen LogP contribution in [-0.2, 0) is 6.42 Å². The minimum atomic E-state index is 0.473. The molecule has 2 heteroatoms. The molecule has 1 rings (SSSR count). The number of rotatable bonds is 4. The van der Waals surface area contributed by atoms with Crippen molar-refractivity contribution < 1.29 is 9.47 Å². The van der Waals surface area contributed by atoms with E-state index in [2.05, 4.69) is 26.8 Å². The van der Waals surface area contributed by atoms with Crippen molar-refractivity contribution in [3.63, 3.8) is 0 Å². The Balaban J connectivity index is 3.32. The standard InChI is InChI=1S/C13H20O2/c1-6-10-7-11(14-4)8-12(15-5)13(10)9(2)3/h7-9H,6H2,1-5H3. The second kappa shape index (κ2) is 5.06. The molecule has 1 aromatic carbocycles. The summed E-state index contributed by atoms with van der Waals surface area (Å²) in [6.07, 6.45) is 1.00. The fourth-order valence-corrected chi connectivity index (χ4v) is 1.89. The molecule has 0 aliphatic carbocycles. The Morgan fingerprint density at radius 3 is 2.20 bits per heavy atom. The lowest BCUT2D eigenvalue weighted by atomic mass is 9.94. The average molecular weight is 208 g/mol. The van der Waals surface area contributed by atoms with Gasteiger partial charge in [0.25, 0.3) is 0 Å². The minimum Gasteiger partial charge on any atom is -0.497 e. The summed E-state index contributed by atoms with van der Waals surface area (Å²) < 4.78 is 10.7. The molecule has 0 aromatic heterocycles. The van der Waals surface area contributed by atoms with E-state index in [1.165, 1.54) is 11.1 Å². The first kappa shape index (κ1) is 11.9. The Labute approximate surface area is 92.2 Å². The van der Waals surface area contributed by atoms with Crippen LogP contribution in [0.4, 0.5) is 0 Å². The van der Waals surface area contributed by atoms with Crippen LogP contribution in [0.3, 0.4) is 0 Å². The number of ether oxygens (including phenoxy) is 2. The highest BCUT2D eigenvalue weighted by Crippen LogP contribution is 2.34. The lowest BCUT2D eigenvalue weighted by Crippen LogP contribution is -2.01. The SMILES string of the molecule is CCc1cc(OC)cc(OC)c1C(C)C. The molecular weight excluding hydrogens is 188 g/mol. The van der Waals surface area contributed by atoms with Crippen molar-refractivity contribution in [1.82, 2.24) is 0 Å². The minimum absolute atomic E-state index is 0.473. The summed E-state index contributed by atoms with van der Waals surface area (Å²) in [5, 5.41) is 0. The molecule has 0 N–H and O–H groups in total. The second-order valence-corrected chi connectivity index (χ2v) is 3.91. The molecule has 84 valence electrons. The summed E-state index contributed by atoms with van der Waals surface area (Å²) in [5.74, 6) is 2.27. The summed E-state index contributed by atoms with van der Waals surface area (Å²) in [7, 11) is 3.39. The van der Waals surface area contributed by atoms with E-state index >= 15 is 0 Å². The molecule has 0 fully saturated rings. The van der Waals surface area contributed by atoms with Gasteiger partial charge in [-0.2, -0.15) is 0 Å². The molecule has 0 amide bonds. The van der Waals surface area contributed by atoms with E-state index in [4.69, 9.17) is 9.47 Å². The van der Waals surface area contributed by atoms with Crippen LogP contribution < -0.4 is 9.47 Å². The first-order chi connectivity index (χ1) is 7.13. The molecule has 0 unspecified atom stereocenters. The van der Waals surface area contributed by atoms with E-state index in [-0.39, 0.29) is 0 Å². The highest BCUT2D eigenvalue weighted by molar-refractivity contribution is 5.48. The Kier molecular flexibility index (Phi) is 4.01. The van der Waals surface area contributed by atoms with Crippen LogP contribution >= 0.6 is 0 Å². The molecule has 0 spiro atoms. The molecule has 0 saturated heterocycles. The van der Waals surface area contributed by atoms with Gasteiger partial charge in [0.2, 0.25) is 0 Å². The van der Waals surface area contributed by atoms with Crippen molar-refractivity contribution in [1.29, 1.82) is 0 Å². The number of aryl methyl sites for hydroxylation is 1. The van der Waals surface area contributed by atoms with Gasteiger partial charge in [0.05, 0.1) is 14.2 Å². The Morgan fingerprint density at radius 1 is 1.13 bits per heavy atom. The zero-order chi connectivity index (χ0) is 11.4. The van der Waals surface area contributed by atoms with E-state index in [9.17, 15) is 0 Å². The van der Waals surface area contributed by atoms with Crippen molar-refractivity contribution >= 4 is 0 Å². The molecule has 0 heterocycles. The largest absolute Gasteiger partial charge is 0.497 e. The van der Waals surface area contributed by atoms with E-state index in [1.807, 2.05) is 6.07 Å². The second-order valence-electron chi connectivity index (χ2n) is 3.91. The highest BCUT2D eigenvalue weighted by atomic mass is 16.5. The fraction of sp³-hybridized carbons (Fsp3) is 0.538. The molecule has 0 aliphatic rings. The Hall–Kier alpha value is -1.18. The van der Waals surface area contributed by atoms with Crippen molar-refractivity contribution in [2.75, 3.05) is 14.2 Å².